The standard InChI is InChI=1S/C9H7Cl2N3O/c10-5-7(11)6-14-9(15)13-4-2-1-3-8(13)12-14/h1-5H,6H2/b7-5+. The molecule has 0 unspecified atom stereocenters. The molecule has 0 spiro atoms. The van der Waals surface area contributed by atoms with E-state index in [1.165, 1.54) is 14.6 Å². The van der Waals surface area contributed by atoms with Crippen LogP contribution in [-0.2, 0) is 6.54 Å². The maximum Gasteiger partial charge on any atom is 0.350 e. The molecule has 0 N–H and O–H groups in total. The first-order chi connectivity index (χ1) is 7.22. The van der Waals surface area contributed by atoms with Gasteiger partial charge in [0.15, 0.2) is 5.65 Å². The van der Waals surface area contributed by atoms with Crippen LogP contribution in [0.1, 0.15) is 0 Å². The molecule has 6 heteroatoms. The smallest absolute Gasteiger partial charge is 0.250 e. The van der Waals surface area contributed by atoms with Crippen LogP contribution in [0.2, 0.25) is 0 Å². The van der Waals surface area contributed by atoms with E-state index in [1.54, 1.807) is 18.3 Å². The van der Waals surface area contributed by atoms with Gasteiger partial charge in [-0.15, -0.1) is 5.10 Å². The van der Waals surface area contributed by atoms with Crippen molar-refractivity contribution in [3.8, 4) is 0 Å². The van der Waals surface area contributed by atoms with E-state index >= 15 is 0 Å². The van der Waals surface area contributed by atoms with E-state index in [9.17, 15) is 4.79 Å². The van der Waals surface area contributed by atoms with E-state index in [1.807, 2.05) is 6.07 Å². The molecule has 0 radical (unpaired) electrons. The number of hydrogen-bond acceptors (Lipinski definition) is 2. The highest BCUT2D eigenvalue weighted by atomic mass is 35.5. The van der Waals surface area contributed by atoms with Crippen molar-refractivity contribution in [1.29, 1.82) is 0 Å². The predicted octanol–water partition coefficient (Wildman–Crippen LogP) is 1.81. The number of rotatable bonds is 2. The highest BCUT2D eigenvalue weighted by Crippen LogP contribution is 2.05. The monoisotopic (exact) mass is 243 g/mol. The minimum atomic E-state index is -0.234. The van der Waals surface area contributed by atoms with Gasteiger partial charge in [-0.25, -0.2) is 9.48 Å². The first kappa shape index (κ1) is 10.3. The van der Waals surface area contributed by atoms with Crippen LogP contribution in [0.3, 0.4) is 0 Å². The molecule has 0 atom stereocenters. The Morgan fingerprint density at radius 2 is 2.33 bits per heavy atom. The summed E-state index contributed by atoms with van der Waals surface area (Å²) in [4.78, 5) is 11.7. The molecule has 0 aliphatic rings. The highest BCUT2D eigenvalue weighted by molar-refractivity contribution is 6.36. The van der Waals surface area contributed by atoms with Gasteiger partial charge in [0.25, 0.3) is 0 Å². The Kier molecular flexibility index (Phi) is 2.79. The number of nitrogens with zero attached hydrogens (tertiary/aromatic N) is 3. The molecule has 2 heterocycles. The van der Waals surface area contributed by atoms with E-state index in [2.05, 4.69) is 5.10 Å². The van der Waals surface area contributed by atoms with Gasteiger partial charge in [0.2, 0.25) is 0 Å². The molecule has 0 saturated carbocycles. The normalized spacial score (nSPS) is 12.3. The van der Waals surface area contributed by atoms with Crippen molar-refractivity contribution < 1.29 is 0 Å². The molecule has 2 rings (SSSR count). The molecule has 15 heavy (non-hydrogen) atoms. The van der Waals surface area contributed by atoms with Crippen molar-refractivity contribution in [2.75, 3.05) is 0 Å². The average Bonchev–Trinajstić information content (AvgIpc) is 2.57. The van der Waals surface area contributed by atoms with Gasteiger partial charge in [0.05, 0.1) is 11.6 Å². The third kappa shape index (κ3) is 1.91. The Balaban J connectivity index is 2.54. The van der Waals surface area contributed by atoms with Crippen molar-refractivity contribution >= 4 is 28.8 Å². The van der Waals surface area contributed by atoms with E-state index in [0.717, 1.165) is 0 Å². The second kappa shape index (κ2) is 4.08. The fourth-order valence-electron chi connectivity index (χ4n) is 1.25. The number of halogens is 2. The van der Waals surface area contributed by atoms with E-state index in [4.69, 9.17) is 23.2 Å². The summed E-state index contributed by atoms with van der Waals surface area (Å²) in [7, 11) is 0. The van der Waals surface area contributed by atoms with Crippen molar-refractivity contribution in [3.63, 3.8) is 0 Å². The van der Waals surface area contributed by atoms with Crippen LogP contribution >= 0.6 is 23.2 Å². The fourth-order valence-corrected chi connectivity index (χ4v) is 1.43. The van der Waals surface area contributed by atoms with Gasteiger partial charge in [0, 0.05) is 11.7 Å². The quantitative estimate of drug-likeness (QED) is 0.808. The number of fused-ring (bicyclic) bond motifs is 1. The summed E-state index contributed by atoms with van der Waals surface area (Å²) < 4.78 is 2.70. The van der Waals surface area contributed by atoms with Crippen molar-refractivity contribution in [1.82, 2.24) is 14.2 Å². The molecule has 2 aromatic rings. The van der Waals surface area contributed by atoms with Gasteiger partial charge in [-0.05, 0) is 12.1 Å². The van der Waals surface area contributed by atoms with Crippen molar-refractivity contribution in [2.24, 2.45) is 0 Å². The molecule has 0 aliphatic heterocycles. The topological polar surface area (TPSA) is 39.3 Å². The Bertz CT molecular complexity index is 570. The minimum absolute atomic E-state index is 0.186. The van der Waals surface area contributed by atoms with Crippen LogP contribution in [0, 0.1) is 0 Å². The summed E-state index contributed by atoms with van der Waals surface area (Å²) in [5.41, 5.74) is 1.57. The van der Waals surface area contributed by atoms with Crippen LogP contribution in [0.5, 0.6) is 0 Å². The van der Waals surface area contributed by atoms with Crippen LogP contribution in [0.25, 0.3) is 5.65 Å². The van der Waals surface area contributed by atoms with Gasteiger partial charge < -0.3 is 0 Å². The first-order valence-corrected chi connectivity index (χ1v) is 5.03. The third-order valence-corrected chi connectivity index (χ3v) is 2.51. The summed E-state index contributed by atoms with van der Waals surface area (Å²) in [5.74, 6) is 0. The third-order valence-electron chi connectivity index (χ3n) is 1.91. The van der Waals surface area contributed by atoms with Gasteiger partial charge in [-0.2, -0.15) is 0 Å². The Morgan fingerprint density at radius 3 is 3.00 bits per heavy atom. The Hall–Kier alpha value is -1.26. The van der Waals surface area contributed by atoms with E-state index in [0.29, 0.717) is 10.7 Å². The SMILES string of the molecule is O=c1n(C/C(Cl)=C\Cl)nc2ccccn12. The number of hydrogen-bond donors (Lipinski definition) is 0. The molecule has 0 bridgehead atoms. The summed E-state index contributed by atoms with van der Waals surface area (Å²) >= 11 is 11.1. The second-order valence-corrected chi connectivity index (χ2v) is 3.63. The van der Waals surface area contributed by atoms with Crippen molar-refractivity contribution in [3.05, 3.63) is 45.4 Å². The van der Waals surface area contributed by atoms with Crippen LogP contribution in [-0.4, -0.2) is 14.2 Å². The lowest BCUT2D eigenvalue weighted by atomic mass is 10.5. The molecule has 78 valence electrons. The average molecular weight is 244 g/mol. The number of aromatic nitrogens is 3. The van der Waals surface area contributed by atoms with Gasteiger partial charge >= 0.3 is 5.69 Å². The number of allylic oxidation sites excluding steroid dienone is 1. The molecule has 0 aliphatic carbocycles. The lowest BCUT2D eigenvalue weighted by molar-refractivity contribution is 0.666. The molecule has 2 aromatic heterocycles. The van der Waals surface area contributed by atoms with E-state index in [-0.39, 0.29) is 12.2 Å². The zero-order valence-electron chi connectivity index (χ0n) is 7.60. The zero-order chi connectivity index (χ0) is 10.8. The fraction of sp³-hybridized carbons (Fsp3) is 0.111. The van der Waals surface area contributed by atoms with Crippen LogP contribution in [0.15, 0.2) is 39.8 Å². The first-order valence-electron chi connectivity index (χ1n) is 4.21. The molecular formula is C9H7Cl2N3O. The summed E-state index contributed by atoms with van der Waals surface area (Å²) in [6.07, 6.45) is 1.65. The maximum atomic E-state index is 11.7. The van der Waals surface area contributed by atoms with Gasteiger partial charge in [-0.3, -0.25) is 4.40 Å². The predicted molar refractivity (Wildman–Crippen MR) is 59.2 cm³/mol. The molecule has 4 nitrogen and oxygen atoms in total. The highest BCUT2D eigenvalue weighted by Gasteiger charge is 2.06. The summed E-state index contributed by atoms with van der Waals surface area (Å²) in [5, 5.41) is 4.45. The second-order valence-electron chi connectivity index (χ2n) is 2.93. The van der Waals surface area contributed by atoms with Crippen LogP contribution < -0.4 is 5.69 Å². The zero-order valence-corrected chi connectivity index (χ0v) is 9.11. The molecule has 0 saturated heterocycles. The lowest BCUT2D eigenvalue weighted by Gasteiger charge is -1.94. The maximum absolute atomic E-state index is 11.7. The minimum Gasteiger partial charge on any atom is -0.250 e. The lowest BCUT2D eigenvalue weighted by Crippen LogP contribution is -2.21. The Labute approximate surface area is 95.3 Å². The van der Waals surface area contributed by atoms with E-state index < -0.39 is 0 Å². The Morgan fingerprint density at radius 1 is 1.53 bits per heavy atom. The largest absolute Gasteiger partial charge is 0.350 e. The summed E-state index contributed by atoms with van der Waals surface area (Å²) in [6.45, 7) is 0.186. The summed E-state index contributed by atoms with van der Waals surface area (Å²) in [6, 6.07) is 5.32. The molecule has 0 fully saturated rings. The molecule has 0 aromatic carbocycles. The van der Waals surface area contributed by atoms with Gasteiger partial charge in [0.1, 0.15) is 0 Å². The van der Waals surface area contributed by atoms with Crippen molar-refractivity contribution in [2.45, 2.75) is 6.54 Å². The van der Waals surface area contributed by atoms with Crippen LogP contribution in [0.4, 0.5) is 0 Å². The van der Waals surface area contributed by atoms with Gasteiger partial charge in [-0.1, -0.05) is 29.3 Å². The number of pyridine rings is 1. The molecule has 0 amide bonds. The molecular weight excluding hydrogens is 237 g/mol.